The van der Waals surface area contributed by atoms with Crippen molar-refractivity contribution in [1.82, 2.24) is 0 Å². The highest BCUT2D eigenvalue weighted by Crippen LogP contribution is 2.41. The van der Waals surface area contributed by atoms with Crippen molar-refractivity contribution < 1.29 is 13.2 Å². The number of benzene rings is 2. The molecule has 2 aromatic rings. The normalized spacial score (nSPS) is 21.1. The zero-order valence-corrected chi connectivity index (χ0v) is 16.0. The van der Waals surface area contributed by atoms with Gasteiger partial charge in [0.05, 0.1) is 4.90 Å². The number of Topliss-reactive ketones (excluding diaryl/α,β-unsaturated/α-hetero) is 1. The van der Waals surface area contributed by atoms with Crippen LogP contribution in [0.25, 0.3) is 0 Å². The zero-order valence-electron chi connectivity index (χ0n) is 15.2. The number of hydrogen-bond donors (Lipinski definition) is 0. The Bertz CT molecular complexity index is 912. The van der Waals surface area contributed by atoms with Gasteiger partial charge in [0.1, 0.15) is 5.25 Å². The molecule has 26 heavy (non-hydrogen) atoms. The minimum atomic E-state index is -3.77. The predicted octanol–water partition coefficient (Wildman–Crippen LogP) is 4.70. The van der Waals surface area contributed by atoms with E-state index in [4.69, 9.17) is 0 Å². The van der Waals surface area contributed by atoms with Crippen LogP contribution in [-0.4, -0.2) is 19.5 Å². The molecule has 3 rings (SSSR count). The molecule has 0 aliphatic heterocycles. The minimum absolute atomic E-state index is 0.217. The lowest BCUT2D eigenvalue weighted by molar-refractivity contribution is -0.116. The first-order valence-electron chi connectivity index (χ1n) is 9.09. The van der Waals surface area contributed by atoms with E-state index in [2.05, 4.69) is 0 Å². The fraction of sp³-hybridized carbons (Fsp3) is 0.318. The van der Waals surface area contributed by atoms with Crippen LogP contribution >= 0.6 is 0 Å². The highest BCUT2D eigenvalue weighted by molar-refractivity contribution is 7.93. The average Bonchev–Trinajstić information content (AvgIpc) is 2.68. The van der Waals surface area contributed by atoms with Crippen molar-refractivity contribution in [2.24, 2.45) is 0 Å². The Morgan fingerprint density at radius 2 is 1.46 bits per heavy atom. The second-order valence-electron chi connectivity index (χ2n) is 6.65. The van der Waals surface area contributed by atoms with Crippen LogP contribution in [0, 0.1) is 0 Å². The molecule has 3 nitrogen and oxygen atoms in total. The van der Waals surface area contributed by atoms with E-state index in [1.54, 1.807) is 30.3 Å². The van der Waals surface area contributed by atoms with Gasteiger partial charge in [-0.2, -0.15) is 0 Å². The third-order valence-corrected chi connectivity index (χ3v) is 7.37. The van der Waals surface area contributed by atoms with Crippen molar-refractivity contribution in [3.05, 3.63) is 77.4 Å². The number of carbonyl (C=O) groups is 1. The summed E-state index contributed by atoms with van der Waals surface area (Å²) in [6.45, 7) is 3.96. The van der Waals surface area contributed by atoms with Crippen LogP contribution < -0.4 is 0 Å². The maximum absolute atomic E-state index is 13.4. The van der Waals surface area contributed by atoms with Crippen LogP contribution in [-0.2, 0) is 14.6 Å². The van der Waals surface area contributed by atoms with E-state index < -0.39 is 15.1 Å². The van der Waals surface area contributed by atoms with Gasteiger partial charge in [0.2, 0.25) is 0 Å². The van der Waals surface area contributed by atoms with E-state index in [0.717, 1.165) is 17.6 Å². The van der Waals surface area contributed by atoms with Gasteiger partial charge in [0.25, 0.3) is 0 Å². The van der Waals surface area contributed by atoms with Crippen molar-refractivity contribution in [3.8, 4) is 0 Å². The lowest BCUT2D eigenvalue weighted by atomic mass is 9.77. The molecule has 0 spiro atoms. The van der Waals surface area contributed by atoms with Crippen LogP contribution in [0.1, 0.15) is 44.6 Å². The second-order valence-corrected chi connectivity index (χ2v) is 8.72. The van der Waals surface area contributed by atoms with E-state index in [0.29, 0.717) is 18.4 Å². The molecular formula is C22H24O3S. The Morgan fingerprint density at radius 1 is 0.885 bits per heavy atom. The quantitative estimate of drug-likeness (QED) is 0.768. The lowest BCUT2D eigenvalue weighted by Gasteiger charge is -2.33. The van der Waals surface area contributed by atoms with Crippen LogP contribution in [0.4, 0.5) is 0 Å². The Balaban J connectivity index is 2.18. The summed E-state index contributed by atoms with van der Waals surface area (Å²) in [7, 11) is -3.77. The van der Waals surface area contributed by atoms with E-state index in [-0.39, 0.29) is 16.6 Å². The molecule has 2 atom stereocenters. The first-order valence-corrected chi connectivity index (χ1v) is 10.6. The molecule has 1 aliphatic rings. The molecular weight excluding hydrogens is 344 g/mol. The van der Waals surface area contributed by atoms with Crippen LogP contribution in [0.2, 0.25) is 0 Å². The molecule has 0 saturated heterocycles. The summed E-state index contributed by atoms with van der Waals surface area (Å²) >= 11 is 0. The molecule has 0 amide bonds. The molecule has 0 radical (unpaired) electrons. The molecule has 4 heteroatoms. The van der Waals surface area contributed by atoms with Crippen molar-refractivity contribution in [1.29, 1.82) is 0 Å². The maximum atomic E-state index is 13.4. The van der Waals surface area contributed by atoms with Gasteiger partial charge in [-0.05, 0) is 42.5 Å². The van der Waals surface area contributed by atoms with E-state index in [1.807, 2.05) is 44.2 Å². The van der Waals surface area contributed by atoms with Gasteiger partial charge < -0.3 is 0 Å². The zero-order chi connectivity index (χ0) is 18.7. The summed E-state index contributed by atoms with van der Waals surface area (Å²) in [6.07, 6.45) is 1.97. The lowest BCUT2D eigenvalue weighted by Crippen LogP contribution is -2.40. The standard InChI is InChI=1S/C22H24O3S/c1-3-16-15-20(17-11-7-5-8-12-17)22(21(23)19(16)4-2)26(24,25)18-13-9-6-10-14-18/h5-14,20,22H,3-4,15H2,1-2H3/t20-,22-/m0/s1. The molecule has 0 aromatic heterocycles. The minimum Gasteiger partial charge on any atom is -0.293 e. The molecule has 0 bridgehead atoms. The molecule has 0 heterocycles. The number of carbonyl (C=O) groups excluding carboxylic acids is 1. The third-order valence-electron chi connectivity index (χ3n) is 5.23. The molecule has 1 aliphatic carbocycles. The Morgan fingerprint density at radius 3 is 2.00 bits per heavy atom. The smallest absolute Gasteiger partial charge is 0.189 e. The predicted molar refractivity (Wildman–Crippen MR) is 104 cm³/mol. The van der Waals surface area contributed by atoms with E-state index in [9.17, 15) is 13.2 Å². The van der Waals surface area contributed by atoms with E-state index >= 15 is 0 Å². The summed E-state index contributed by atoms with van der Waals surface area (Å²) in [5, 5.41) is -1.06. The SMILES string of the molecule is CCC1=C(CC)C(=O)[C@@H](S(=O)(=O)c2ccccc2)[C@H](c2ccccc2)C1. The number of allylic oxidation sites excluding steroid dienone is 2. The summed E-state index contributed by atoms with van der Waals surface area (Å²) in [4.78, 5) is 13.5. The van der Waals surface area contributed by atoms with Gasteiger partial charge in [0, 0.05) is 5.92 Å². The molecule has 2 aromatic carbocycles. The van der Waals surface area contributed by atoms with Crippen LogP contribution in [0.3, 0.4) is 0 Å². The Kier molecular flexibility index (Phi) is 5.42. The van der Waals surface area contributed by atoms with Gasteiger partial charge >= 0.3 is 0 Å². The number of sulfone groups is 1. The topological polar surface area (TPSA) is 51.2 Å². The first-order chi connectivity index (χ1) is 12.5. The first kappa shape index (κ1) is 18.6. The van der Waals surface area contributed by atoms with Gasteiger partial charge in [-0.25, -0.2) is 8.42 Å². The number of ketones is 1. The van der Waals surface area contributed by atoms with Crippen molar-refractivity contribution in [2.75, 3.05) is 0 Å². The van der Waals surface area contributed by atoms with Crippen molar-refractivity contribution in [2.45, 2.75) is 49.2 Å². The van der Waals surface area contributed by atoms with Crippen molar-refractivity contribution >= 4 is 15.6 Å². The highest BCUT2D eigenvalue weighted by Gasteiger charge is 2.45. The van der Waals surface area contributed by atoms with Crippen LogP contribution in [0.15, 0.2) is 76.7 Å². The second kappa shape index (κ2) is 7.58. The van der Waals surface area contributed by atoms with Gasteiger partial charge in [-0.3, -0.25) is 4.79 Å². The third kappa shape index (κ3) is 3.26. The Hall–Kier alpha value is -2.20. The molecule has 0 saturated carbocycles. The molecule has 0 N–H and O–H groups in total. The molecule has 0 unspecified atom stereocenters. The highest BCUT2D eigenvalue weighted by atomic mass is 32.2. The van der Waals surface area contributed by atoms with Gasteiger partial charge in [-0.15, -0.1) is 0 Å². The summed E-state index contributed by atoms with van der Waals surface area (Å²) in [5.74, 6) is -0.576. The summed E-state index contributed by atoms with van der Waals surface area (Å²) in [5.41, 5.74) is 2.70. The fourth-order valence-electron chi connectivity index (χ4n) is 3.91. The average molecular weight is 368 g/mol. The van der Waals surface area contributed by atoms with Crippen molar-refractivity contribution in [3.63, 3.8) is 0 Å². The number of hydrogen-bond acceptors (Lipinski definition) is 3. The summed E-state index contributed by atoms with van der Waals surface area (Å²) in [6, 6.07) is 17.9. The fourth-order valence-corrected chi connectivity index (χ4v) is 5.85. The monoisotopic (exact) mass is 368 g/mol. The maximum Gasteiger partial charge on any atom is 0.189 e. The van der Waals surface area contributed by atoms with Crippen LogP contribution in [0.5, 0.6) is 0 Å². The number of rotatable bonds is 5. The summed E-state index contributed by atoms with van der Waals surface area (Å²) < 4.78 is 26.8. The van der Waals surface area contributed by atoms with E-state index in [1.165, 1.54) is 0 Å². The molecule has 0 fully saturated rings. The molecule has 136 valence electrons. The van der Waals surface area contributed by atoms with Gasteiger partial charge in [0.15, 0.2) is 15.6 Å². The Labute approximate surface area is 155 Å². The largest absolute Gasteiger partial charge is 0.293 e. The van der Waals surface area contributed by atoms with Gasteiger partial charge in [-0.1, -0.05) is 68.0 Å².